The number of benzene rings is 1. The smallest absolute Gasteiger partial charge is 0.280 e. The molecular formula is C14H16N4O3. The SMILES string of the molecule is C=CCOc1ccc(CN(C)C(=O)c2nonc2N)cc1. The molecule has 0 fully saturated rings. The van der Waals surface area contributed by atoms with Crippen molar-refractivity contribution in [1.29, 1.82) is 0 Å². The lowest BCUT2D eigenvalue weighted by atomic mass is 10.2. The third-order valence-corrected chi connectivity index (χ3v) is 2.77. The minimum absolute atomic E-state index is 0.0139. The van der Waals surface area contributed by atoms with Gasteiger partial charge in [0.2, 0.25) is 11.5 Å². The predicted octanol–water partition coefficient (Wildman–Crippen LogP) is 1.49. The Morgan fingerprint density at radius 3 is 2.71 bits per heavy atom. The van der Waals surface area contributed by atoms with Crippen LogP contribution in [-0.4, -0.2) is 34.8 Å². The van der Waals surface area contributed by atoms with Crippen molar-refractivity contribution >= 4 is 11.7 Å². The number of hydrogen-bond acceptors (Lipinski definition) is 6. The van der Waals surface area contributed by atoms with Gasteiger partial charge in [-0.1, -0.05) is 24.8 Å². The fraction of sp³-hybridized carbons (Fsp3) is 0.214. The van der Waals surface area contributed by atoms with Crippen molar-refractivity contribution in [3.63, 3.8) is 0 Å². The monoisotopic (exact) mass is 288 g/mol. The van der Waals surface area contributed by atoms with Crippen LogP contribution in [0.2, 0.25) is 0 Å². The lowest BCUT2D eigenvalue weighted by molar-refractivity contribution is 0.0774. The molecule has 0 atom stereocenters. The van der Waals surface area contributed by atoms with Gasteiger partial charge in [0, 0.05) is 13.6 Å². The lowest BCUT2D eigenvalue weighted by Gasteiger charge is -2.16. The highest BCUT2D eigenvalue weighted by atomic mass is 16.6. The summed E-state index contributed by atoms with van der Waals surface area (Å²) in [5, 5.41) is 6.88. The third-order valence-electron chi connectivity index (χ3n) is 2.77. The first-order valence-corrected chi connectivity index (χ1v) is 6.28. The van der Waals surface area contributed by atoms with E-state index in [1.165, 1.54) is 4.90 Å². The van der Waals surface area contributed by atoms with Gasteiger partial charge in [-0.05, 0) is 28.0 Å². The largest absolute Gasteiger partial charge is 0.490 e. The molecular weight excluding hydrogens is 272 g/mol. The Bertz CT molecular complexity index is 621. The van der Waals surface area contributed by atoms with Gasteiger partial charge in [0.05, 0.1) is 0 Å². The summed E-state index contributed by atoms with van der Waals surface area (Å²) in [4.78, 5) is 13.6. The minimum Gasteiger partial charge on any atom is -0.490 e. The summed E-state index contributed by atoms with van der Waals surface area (Å²) in [6, 6.07) is 7.44. The van der Waals surface area contributed by atoms with Crippen molar-refractivity contribution in [3.8, 4) is 5.75 Å². The zero-order valence-corrected chi connectivity index (χ0v) is 11.7. The van der Waals surface area contributed by atoms with Crippen LogP contribution in [-0.2, 0) is 6.54 Å². The van der Waals surface area contributed by atoms with Crippen molar-refractivity contribution in [2.45, 2.75) is 6.54 Å². The van der Waals surface area contributed by atoms with E-state index in [-0.39, 0.29) is 17.4 Å². The molecule has 2 aromatic rings. The average Bonchev–Trinajstić information content (AvgIpc) is 2.92. The van der Waals surface area contributed by atoms with E-state index in [9.17, 15) is 4.79 Å². The fourth-order valence-electron chi connectivity index (χ4n) is 1.72. The molecule has 0 aliphatic carbocycles. The van der Waals surface area contributed by atoms with E-state index in [2.05, 4.69) is 21.5 Å². The van der Waals surface area contributed by atoms with Crippen molar-refractivity contribution in [2.75, 3.05) is 19.4 Å². The van der Waals surface area contributed by atoms with Crippen LogP contribution in [0.5, 0.6) is 5.75 Å². The summed E-state index contributed by atoms with van der Waals surface area (Å²) in [5.74, 6) is 0.387. The van der Waals surface area contributed by atoms with Crippen molar-refractivity contribution in [1.82, 2.24) is 15.2 Å². The summed E-state index contributed by atoms with van der Waals surface area (Å²) in [6.07, 6.45) is 1.68. The first kappa shape index (κ1) is 14.6. The van der Waals surface area contributed by atoms with Crippen LogP contribution in [0, 0.1) is 0 Å². The Kier molecular flexibility index (Phi) is 4.55. The molecule has 2 N–H and O–H groups in total. The van der Waals surface area contributed by atoms with Crippen LogP contribution in [0.25, 0.3) is 0 Å². The zero-order valence-electron chi connectivity index (χ0n) is 11.7. The summed E-state index contributed by atoms with van der Waals surface area (Å²) in [5.41, 5.74) is 6.47. The Hall–Kier alpha value is -2.83. The van der Waals surface area contributed by atoms with Gasteiger partial charge < -0.3 is 15.4 Å². The second-order valence-electron chi connectivity index (χ2n) is 4.40. The number of nitrogens with two attached hydrogens (primary N) is 1. The van der Waals surface area contributed by atoms with E-state index in [1.807, 2.05) is 24.3 Å². The second kappa shape index (κ2) is 6.56. The summed E-state index contributed by atoms with van der Waals surface area (Å²) < 4.78 is 9.81. The summed E-state index contributed by atoms with van der Waals surface area (Å²) in [6.45, 7) is 4.45. The van der Waals surface area contributed by atoms with Gasteiger partial charge in [-0.25, -0.2) is 4.63 Å². The number of nitrogen functional groups attached to an aromatic ring is 1. The maximum absolute atomic E-state index is 12.1. The summed E-state index contributed by atoms with van der Waals surface area (Å²) in [7, 11) is 1.65. The van der Waals surface area contributed by atoms with Crippen molar-refractivity contribution < 1.29 is 14.2 Å². The molecule has 0 bridgehead atoms. The number of aromatic nitrogens is 2. The molecule has 0 saturated heterocycles. The molecule has 0 aliphatic heterocycles. The molecule has 1 aromatic carbocycles. The number of amides is 1. The predicted molar refractivity (Wildman–Crippen MR) is 76.6 cm³/mol. The highest BCUT2D eigenvalue weighted by Crippen LogP contribution is 2.15. The van der Waals surface area contributed by atoms with Crippen LogP contribution in [0.1, 0.15) is 16.1 Å². The molecule has 7 heteroatoms. The van der Waals surface area contributed by atoms with Crippen LogP contribution < -0.4 is 10.5 Å². The quantitative estimate of drug-likeness (QED) is 0.809. The average molecular weight is 288 g/mol. The van der Waals surface area contributed by atoms with Gasteiger partial charge in [0.1, 0.15) is 12.4 Å². The fourth-order valence-corrected chi connectivity index (χ4v) is 1.72. The van der Waals surface area contributed by atoms with E-state index in [4.69, 9.17) is 10.5 Å². The van der Waals surface area contributed by atoms with E-state index < -0.39 is 0 Å². The van der Waals surface area contributed by atoms with Gasteiger partial charge in [0.25, 0.3) is 5.91 Å². The number of carbonyl (C=O) groups is 1. The maximum Gasteiger partial charge on any atom is 0.280 e. The number of rotatable bonds is 6. The standard InChI is InChI=1S/C14H16N4O3/c1-3-8-20-11-6-4-10(5-7-11)9-18(2)14(19)12-13(15)17-21-16-12/h3-7H,1,8-9H2,2H3,(H2,15,17). The van der Waals surface area contributed by atoms with Gasteiger partial charge in [-0.2, -0.15) is 0 Å². The zero-order chi connectivity index (χ0) is 15.2. The Balaban J connectivity index is 1.99. The van der Waals surface area contributed by atoms with Crippen LogP contribution in [0.3, 0.4) is 0 Å². The third kappa shape index (κ3) is 3.59. The van der Waals surface area contributed by atoms with Crippen molar-refractivity contribution in [2.24, 2.45) is 0 Å². The molecule has 0 radical (unpaired) electrons. The molecule has 0 saturated carbocycles. The number of ether oxygens (including phenoxy) is 1. The first-order valence-electron chi connectivity index (χ1n) is 6.28. The number of nitrogens with zero attached hydrogens (tertiary/aromatic N) is 3. The van der Waals surface area contributed by atoms with E-state index in [0.717, 1.165) is 11.3 Å². The number of hydrogen-bond donors (Lipinski definition) is 1. The topological polar surface area (TPSA) is 94.5 Å². The first-order chi connectivity index (χ1) is 10.1. The van der Waals surface area contributed by atoms with E-state index >= 15 is 0 Å². The van der Waals surface area contributed by atoms with Gasteiger partial charge in [-0.3, -0.25) is 4.79 Å². The molecule has 1 heterocycles. The highest BCUT2D eigenvalue weighted by molar-refractivity contribution is 5.95. The molecule has 0 aliphatic rings. The number of anilines is 1. The maximum atomic E-state index is 12.1. The Morgan fingerprint density at radius 1 is 1.43 bits per heavy atom. The van der Waals surface area contributed by atoms with Crippen LogP contribution in [0.15, 0.2) is 41.5 Å². The van der Waals surface area contributed by atoms with E-state index in [1.54, 1.807) is 13.1 Å². The van der Waals surface area contributed by atoms with Crippen molar-refractivity contribution in [3.05, 3.63) is 48.2 Å². The van der Waals surface area contributed by atoms with E-state index in [0.29, 0.717) is 13.2 Å². The van der Waals surface area contributed by atoms with Crippen LogP contribution in [0.4, 0.5) is 5.82 Å². The Labute approximate surface area is 121 Å². The molecule has 1 aromatic heterocycles. The second-order valence-corrected chi connectivity index (χ2v) is 4.40. The molecule has 21 heavy (non-hydrogen) atoms. The Morgan fingerprint density at radius 2 is 2.14 bits per heavy atom. The highest BCUT2D eigenvalue weighted by Gasteiger charge is 2.20. The molecule has 0 spiro atoms. The number of carbonyl (C=O) groups excluding carboxylic acids is 1. The molecule has 0 unspecified atom stereocenters. The van der Waals surface area contributed by atoms with Crippen LogP contribution >= 0.6 is 0 Å². The molecule has 7 nitrogen and oxygen atoms in total. The lowest BCUT2D eigenvalue weighted by Crippen LogP contribution is -2.27. The van der Waals surface area contributed by atoms with Gasteiger partial charge in [-0.15, -0.1) is 0 Å². The molecule has 2 rings (SSSR count). The minimum atomic E-state index is -0.347. The van der Waals surface area contributed by atoms with Gasteiger partial charge in [0.15, 0.2) is 0 Å². The normalized spacial score (nSPS) is 10.1. The molecule has 1 amide bonds. The summed E-state index contributed by atoms with van der Waals surface area (Å²) >= 11 is 0. The van der Waals surface area contributed by atoms with Gasteiger partial charge >= 0.3 is 0 Å². The molecule has 110 valence electrons.